The Kier molecular flexibility index (Phi) is 7.88. The first-order chi connectivity index (χ1) is 13.4. The summed E-state index contributed by atoms with van der Waals surface area (Å²) in [4.78, 5) is 22.2. The first kappa shape index (κ1) is 21.3. The van der Waals surface area contributed by atoms with Crippen LogP contribution in [0.2, 0.25) is 0 Å². The number of rotatable bonds is 10. The lowest BCUT2D eigenvalue weighted by atomic mass is 9.96. The van der Waals surface area contributed by atoms with Crippen LogP contribution in [0.5, 0.6) is 0 Å². The van der Waals surface area contributed by atoms with Gasteiger partial charge in [0.15, 0.2) is 0 Å². The Morgan fingerprint density at radius 1 is 1.07 bits per heavy atom. The summed E-state index contributed by atoms with van der Waals surface area (Å²) in [6, 6.07) is 12.3. The van der Waals surface area contributed by atoms with Crippen LogP contribution in [0.3, 0.4) is 0 Å². The van der Waals surface area contributed by atoms with E-state index in [2.05, 4.69) is 16.0 Å². The minimum atomic E-state index is -0.451. The number of amides is 1. The van der Waals surface area contributed by atoms with E-state index in [1.807, 2.05) is 13.8 Å². The van der Waals surface area contributed by atoms with Crippen LogP contribution in [0.1, 0.15) is 25.5 Å². The molecule has 8 heteroatoms. The molecule has 0 aliphatic carbocycles. The van der Waals surface area contributed by atoms with Gasteiger partial charge in [0, 0.05) is 37.0 Å². The van der Waals surface area contributed by atoms with Gasteiger partial charge in [-0.25, -0.2) is 4.39 Å². The molecule has 0 aromatic heterocycles. The van der Waals surface area contributed by atoms with Crippen molar-refractivity contribution in [1.29, 1.82) is 0 Å². The molecule has 0 saturated carbocycles. The van der Waals surface area contributed by atoms with E-state index in [0.29, 0.717) is 13.1 Å². The molecular weight excluding hydrogens is 363 g/mol. The zero-order valence-electron chi connectivity index (χ0n) is 15.9. The SMILES string of the molecule is CC(C)[C@@H](NCC(=O)NCCNc1ccc([N+](=O)[O-])cc1)c1ccc(F)cc1. The number of nitrogens with one attached hydrogen (secondary N) is 3. The third-order valence-electron chi connectivity index (χ3n) is 4.23. The van der Waals surface area contributed by atoms with Crippen molar-refractivity contribution in [3.63, 3.8) is 0 Å². The van der Waals surface area contributed by atoms with Gasteiger partial charge in [0.1, 0.15) is 5.82 Å². The van der Waals surface area contributed by atoms with Gasteiger partial charge < -0.3 is 16.0 Å². The lowest BCUT2D eigenvalue weighted by Crippen LogP contribution is -2.38. The van der Waals surface area contributed by atoms with Crippen molar-refractivity contribution < 1.29 is 14.1 Å². The maximum absolute atomic E-state index is 13.1. The maximum Gasteiger partial charge on any atom is 0.269 e. The molecule has 0 spiro atoms. The van der Waals surface area contributed by atoms with E-state index in [4.69, 9.17) is 0 Å². The Hall–Kier alpha value is -3.00. The molecule has 0 aliphatic rings. The summed E-state index contributed by atoms with van der Waals surface area (Å²) in [5.41, 5.74) is 1.71. The number of anilines is 1. The minimum absolute atomic E-state index is 0.0331. The van der Waals surface area contributed by atoms with Crippen LogP contribution in [0, 0.1) is 21.8 Å². The van der Waals surface area contributed by atoms with Gasteiger partial charge in [-0.3, -0.25) is 14.9 Å². The lowest BCUT2D eigenvalue weighted by Gasteiger charge is -2.23. The Morgan fingerprint density at radius 2 is 1.71 bits per heavy atom. The minimum Gasteiger partial charge on any atom is -0.383 e. The van der Waals surface area contributed by atoms with Crippen LogP contribution in [-0.4, -0.2) is 30.5 Å². The summed E-state index contributed by atoms with van der Waals surface area (Å²) in [5, 5.41) is 19.7. The van der Waals surface area contributed by atoms with Crippen LogP contribution in [0.15, 0.2) is 48.5 Å². The summed E-state index contributed by atoms with van der Waals surface area (Å²) >= 11 is 0. The second-order valence-corrected chi connectivity index (χ2v) is 6.73. The fourth-order valence-corrected chi connectivity index (χ4v) is 2.78. The number of carbonyl (C=O) groups is 1. The number of halogens is 1. The number of hydrogen-bond acceptors (Lipinski definition) is 5. The highest BCUT2D eigenvalue weighted by atomic mass is 19.1. The molecule has 1 atom stereocenters. The van der Waals surface area contributed by atoms with Crippen LogP contribution in [0.25, 0.3) is 0 Å². The molecule has 28 heavy (non-hydrogen) atoms. The highest BCUT2D eigenvalue weighted by Crippen LogP contribution is 2.21. The number of carbonyl (C=O) groups excluding carboxylic acids is 1. The molecule has 2 rings (SSSR count). The molecule has 2 aromatic carbocycles. The van der Waals surface area contributed by atoms with Gasteiger partial charge in [0.2, 0.25) is 5.91 Å². The van der Waals surface area contributed by atoms with E-state index < -0.39 is 4.92 Å². The van der Waals surface area contributed by atoms with Gasteiger partial charge >= 0.3 is 0 Å². The predicted octanol–water partition coefficient (Wildman–Crippen LogP) is 3.25. The van der Waals surface area contributed by atoms with Crippen LogP contribution in [0.4, 0.5) is 15.8 Å². The summed E-state index contributed by atoms with van der Waals surface area (Å²) in [5.74, 6) is -0.190. The van der Waals surface area contributed by atoms with E-state index in [1.165, 1.54) is 24.3 Å². The zero-order chi connectivity index (χ0) is 20.5. The quantitative estimate of drug-likeness (QED) is 0.330. The number of hydrogen-bond donors (Lipinski definition) is 3. The fraction of sp³-hybridized carbons (Fsp3) is 0.350. The molecule has 150 valence electrons. The number of nitro benzene ring substituents is 1. The topological polar surface area (TPSA) is 96.3 Å². The van der Waals surface area contributed by atoms with E-state index in [-0.39, 0.29) is 35.9 Å². The normalized spacial score (nSPS) is 11.9. The van der Waals surface area contributed by atoms with Gasteiger partial charge in [-0.05, 0) is 35.7 Å². The highest BCUT2D eigenvalue weighted by Gasteiger charge is 2.16. The van der Waals surface area contributed by atoms with Gasteiger partial charge in [-0.15, -0.1) is 0 Å². The average Bonchev–Trinajstić information content (AvgIpc) is 2.67. The molecule has 0 radical (unpaired) electrons. The first-order valence-electron chi connectivity index (χ1n) is 9.10. The van der Waals surface area contributed by atoms with Gasteiger partial charge in [0.05, 0.1) is 11.5 Å². The highest BCUT2D eigenvalue weighted by molar-refractivity contribution is 5.78. The molecule has 1 amide bonds. The Bertz CT molecular complexity index is 779. The third-order valence-corrected chi connectivity index (χ3v) is 4.23. The van der Waals surface area contributed by atoms with E-state index in [9.17, 15) is 19.3 Å². The molecule has 2 aromatic rings. The number of nitrogens with zero attached hydrogens (tertiary/aromatic N) is 1. The second kappa shape index (κ2) is 10.4. The maximum atomic E-state index is 13.1. The van der Waals surface area contributed by atoms with E-state index >= 15 is 0 Å². The Morgan fingerprint density at radius 3 is 2.29 bits per heavy atom. The third kappa shape index (κ3) is 6.62. The van der Waals surface area contributed by atoms with Gasteiger partial charge in [-0.2, -0.15) is 0 Å². The standard InChI is InChI=1S/C20H25FN4O3/c1-14(2)20(15-3-5-16(21)6-4-15)24-13-19(26)23-12-11-22-17-7-9-18(10-8-17)25(27)28/h3-10,14,20,22,24H,11-13H2,1-2H3,(H,23,26)/t20-/m1/s1. The second-order valence-electron chi connectivity index (χ2n) is 6.73. The fourth-order valence-electron chi connectivity index (χ4n) is 2.78. The molecule has 0 heterocycles. The summed E-state index contributed by atoms with van der Waals surface area (Å²) < 4.78 is 13.1. The van der Waals surface area contributed by atoms with Gasteiger partial charge in [0.25, 0.3) is 5.69 Å². The smallest absolute Gasteiger partial charge is 0.269 e. The van der Waals surface area contributed by atoms with E-state index in [0.717, 1.165) is 11.3 Å². The zero-order valence-corrected chi connectivity index (χ0v) is 15.9. The van der Waals surface area contributed by atoms with Crippen LogP contribution >= 0.6 is 0 Å². The Balaban J connectivity index is 1.72. The summed E-state index contributed by atoms with van der Waals surface area (Å²) in [7, 11) is 0. The monoisotopic (exact) mass is 388 g/mol. The van der Waals surface area contributed by atoms with Crippen LogP contribution in [-0.2, 0) is 4.79 Å². The average molecular weight is 388 g/mol. The largest absolute Gasteiger partial charge is 0.383 e. The Labute approximate surface area is 163 Å². The van der Waals surface area contributed by atoms with Crippen LogP contribution < -0.4 is 16.0 Å². The van der Waals surface area contributed by atoms with Crippen molar-refractivity contribution in [2.75, 3.05) is 25.0 Å². The lowest BCUT2D eigenvalue weighted by molar-refractivity contribution is -0.384. The summed E-state index contributed by atoms with van der Waals surface area (Å²) in [6.45, 7) is 5.13. The molecular formula is C20H25FN4O3. The number of nitro groups is 1. The molecule has 0 fully saturated rings. The first-order valence-corrected chi connectivity index (χ1v) is 9.10. The van der Waals surface area contributed by atoms with Crippen molar-refractivity contribution in [2.24, 2.45) is 5.92 Å². The summed E-state index contributed by atoms with van der Waals surface area (Å²) in [6.07, 6.45) is 0. The molecule has 3 N–H and O–H groups in total. The number of non-ortho nitro benzene ring substituents is 1. The van der Waals surface area contributed by atoms with Gasteiger partial charge in [-0.1, -0.05) is 26.0 Å². The molecule has 0 bridgehead atoms. The molecule has 0 saturated heterocycles. The molecule has 0 aliphatic heterocycles. The number of benzene rings is 2. The molecule has 7 nitrogen and oxygen atoms in total. The van der Waals surface area contributed by atoms with Crippen molar-refractivity contribution in [2.45, 2.75) is 19.9 Å². The predicted molar refractivity (Wildman–Crippen MR) is 107 cm³/mol. The van der Waals surface area contributed by atoms with Crippen molar-refractivity contribution in [1.82, 2.24) is 10.6 Å². The van der Waals surface area contributed by atoms with E-state index in [1.54, 1.807) is 24.3 Å². The van der Waals surface area contributed by atoms with Crippen molar-refractivity contribution in [3.05, 3.63) is 70.0 Å². The van der Waals surface area contributed by atoms with Crippen molar-refractivity contribution in [3.8, 4) is 0 Å². The molecule has 0 unspecified atom stereocenters. The van der Waals surface area contributed by atoms with Crippen molar-refractivity contribution >= 4 is 17.3 Å².